The first-order valence-electron chi connectivity index (χ1n) is 5.58. The largest absolute Gasteiger partial charge is 0.489 e. The summed E-state index contributed by atoms with van der Waals surface area (Å²) in [7, 11) is 0. The summed E-state index contributed by atoms with van der Waals surface area (Å²) in [5.74, 6) is 0.616. The van der Waals surface area contributed by atoms with Gasteiger partial charge < -0.3 is 10.5 Å². The third-order valence-corrected chi connectivity index (χ3v) is 3.30. The number of amidine groups is 1. The quantitative estimate of drug-likeness (QED) is 0.664. The van der Waals surface area contributed by atoms with E-state index >= 15 is 0 Å². The Bertz CT molecular complexity index is 594. The minimum absolute atomic E-state index is 0.00114. The van der Waals surface area contributed by atoms with E-state index in [1.807, 2.05) is 0 Å². The molecule has 0 aliphatic heterocycles. The number of hydrogen-bond acceptors (Lipinski definition) is 2. The van der Waals surface area contributed by atoms with Crippen LogP contribution >= 0.6 is 23.2 Å². The molecule has 0 fully saturated rings. The molecule has 0 atom stereocenters. The fourth-order valence-corrected chi connectivity index (χ4v) is 2.09. The summed E-state index contributed by atoms with van der Waals surface area (Å²) in [4.78, 5) is 0. The molecule has 2 aromatic carbocycles. The van der Waals surface area contributed by atoms with E-state index in [9.17, 15) is 0 Å². The molecule has 0 saturated carbocycles. The highest BCUT2D eigenvalue weighted by atomic mass is 35.5. The molecule has 0 radical (unpaired) electrons. The first-order chi connectivity index (χ1) is 9.08. The van der Waals surface area contributed by atoms with Crippen molar-refractivity contribution >= 4 is 29.0 Å². The summed E-state index contributed by atoms with van der Waals surface area (Å²) in [6, 6.07) is 12.3. The van der Waals surface area contributed by atoms with Crippen molar-refractivity contribution in [1.82, 2.24) is 0 Å². The van der Waals surface area contributed by atoms with Crippen molar-refractivity contribution in [3.8, 4) is 5.75 Å². The van der Waals surface area contributed by atoms with Gasteiger partial charge in [-0.05, 0) is 24.3 Å². The minimum atomic E-state index is 0.00114. The lowest BCUT2D eigenvalue weighted by Gasteiger charge is -2.10. The molecule has 0 aliphatic rings. The fourth-order valence-electron chi connectivity index (χ4n) is 1.58. The fraction of sp³-hybridized carbons (Fsp3) is 0.0714. The van der Waals surface area contributed by atoms with Gasteiger partial charge in [-0.2, -0.15) is 0 Å². The molecular weight excluding hydrogens is 283 g/mol. The van der Waals surface area contributed by atoms with Gasteiger partial charge in [-0.3, -0.25) is 5.41 Å². The lowest BCUT2D eigenvalue weighted by Crippen LogP contribution is -2.10. The van der Waals surface area contributed by atoms with Crippen LogP contribution in [0.5, 0.6) is 5.75 Å². The Morgan fingerprint density at radius 1 is 1.11 bits per heavy atom. The molecule has 0 aromatic heterocycles. The topological polar surface area (TPSA) is 59.1 Å². The summed E-state index contributed by atoms with van der Waals surface area (Å²) in [6.45, 7) is 0.264. The summed E-state index contributed by atoms with van der Waals surface area (Å²) in [5.41, 5.74) is 6.77. The highest BCUT2D eigenvalue weighted by Gasteiger charge is 2.06. The minimum Gasteiger partial charge on any atom is -0.489 e. The Labute approximate surface area is 121 Å². The predicted octanol–water partition coefficient (Wildman–Crippen LogP) is 3.86. The van der Waals surface area contributed by atoms with E-state index in [4.69, 9.17) is 39.1 Å². The molecule has 0 bridgehead atoms. The summed E-state index contributed by atoms with van der Waals surface area (Å²) >= 11 is 12.1. The average Bonchev–Trinajstić information content (AvgIpc) is 2.38. The third-order valence-electron chi connectivity index (χ3n) is 2.59. The molecule has 5 heteroatoms. The monoisotopic (exact) mass is 294 g/mol. The van der Waals surface area contributed by atoms with Crippen molar-refractivity contribution in [3.05, 3.63) is 63.6 Å². The van der Waals surface area contributed by atoms with Crippen LogP contribution in [0.15, 0.2) is 42.5 Å². The van der Waals surface area contributed by atoms with E-state index in [0.29, 0.717) is 21.4 Å². The first kappa shape index (κ1) is 13.7. The van der Waals surface area contributed by atoms with Crippen LogP contribution in [0.1, 0.15) is 11.1 Å². The summed E-state index contributed by atoms with van der Waals surface area (Å²) in [6.07, 6.45) is 0. The molecule has 0 unspecified atom stereocenters. The van der Waals surface area contributed by atoms with E-state index in [-0.39, 0.29) is 12.4 Å². The van der Waals surface area contributed by atoms with Gasteiger partial charge in [0.2, 0.25) is 0 Å². The van der Waals surface area contributed by atoms with Gasteiger partial charge in [0, 0.05) is 21.2 Å². The van der Waals surface area contributed by atoms with Crippen molar-refractivity contribution in [3.63, 3.8) is 0 Å². The van der Waals surface area contributed by atoms with Crippen LogP contribution in [0.25, 0.3) is 0 Å². The van der Waals surface area contributed by atoms with Gasteiger partial charge in [0.15, 0.2) is 0 Å². The Morgan fingerprint density at radius 2 is 1.74 bits per heavy atom. The summed E-state index contributed by atoms with van der Waals surface area (Å²) < 4.78 is 5.62. The normalized spacial score (nSPS) is 10.2. The maximum atomic E-state index is 7.38. The zero-order valence-corrected chi connectivity index (χ0v) is 11.5. The average molecular weight is 295 g/mol. The molecule has 3 N–H and O–H groups in total. The van der Waals surface area contributed by atoms with Crippen LogP contribution in [0.2, 0.25) is 10.0 Å². The molecule has 0 amide bonds. The molecule has 98 valence electrons. The van der Waals surface area contributed by atoms with Gasteiger partial charge in [-0.25, -0.2) is 0 Å². The van der Waals surface area contributed by atoms with Gasteiger partial charge in [0.1, 0.15) is 18.2 Å². The maximum absolute atomic E-state index is 7.38. The van der Waals surface area contributed by atoms with Crippen LogP contribution in [-0.4, -0.2) is 5.84 Å². The zero-order chi connectivity index (χ0) is 13.8. The predicted molar refractivity (Wildman–Crippen MR) is 78.3 cm³/mol. The van der Waals surface area contributed by atoms with Crippen LogP contribution < -0.4 is 10.5 Å². The van der Waals surface area contributed by atoms with Crippen LogP contribution in [0.3, 0.4) is 0 Å². The molecule has 2 aromatic rings. The Kier molecular flexibility index (Phi) is 4.30. The van der Waals surface area contributed by atoms with Gasteiger partial charge in [-0.15, -0.1) is 0 Å². The van der Waals surface area contributed by atoms with Crippen molar-refractivity contribution < 1.29 is 4.74 Å². The van der Waals surface area contributed by atoms with Gasteiger partial charge in [0.25, 0.3) is 0 Å². The molecule has 0 heterocycles. The molecule has 2 rings (SSSR count). The second kappa shape index (κ2) is 5.95. The number of halogens is 2. The van der Waals surface area contributed by atoms with E-state index in [2.05, 4.69) is 0 Å². The molecular formula is C14H12Cl2N2O. The number of hydrogen-bond donors (Lipinski definition) is 2. The second-order valence-corrected chi connectivity index (χ2v) is 4.74. The van der Waals surface area contributed by atoms with Gasteiger partial charge >= 0.3 is 0 Å². The number of ether oxygens (including phenoxy) is 1. The SMILES string of the molecule is N=C(N)c1cccc(OCc2c(Cl)cccc2Cl)c1. The number of rotatable bonds is 4. The van der Waals surface area contributed by atoms with Crippen molar-refractivity contribution in [2.24, 2.45) is 5.73 Å². The highest BCUT2D eigenvalue weighted by molar-refractivity contribution is 6.35. The lowest BCUT2D eigenvalue weighted by molar-refractivity contribution is 0.306. The number of nitrogens with two attached hydrogens (primary N) is 1. The molecule has 19 heavy (non-hydrogen) atoms. The second-order valence-electron chi connectivity index (χ2n) is 3.93. The van der Waals surface area contributed by atoms with Crippen molar-refractivity contribution in [2.75, 3.05) is 0 Å². The van der Waals surface area contributed by atoms with E-state index in [1.165, 1.54) is 0 Å². The number of benzene rings is 2. The van der Waals surface area contributed by atoms with Crippen LogP contribution in [0.4, 0.5) is 0 Å². The van der Waals surface area contributed by atoms with Gasteiger partial charge in [0.05, 0.1) is 0 Å². The van der Waals surface area contributed by atoms with Crippen LogP contribution in [0, 0.1) is 5.41 Å². The molecule has 3 nitrogen and oxygen atoms in total. The number of nitrogen functional groups attached to an aromatic ring is 1. The Hall–Kier alpha value is -1.71. The lowest BCUT2D eigenvalue weighted by atomic mass is 10.2. The van der Waals surface area contributed by atoms with E-state index in [0.717, 1.165) is 5.56 Å². The molecule has 0 aliphatic carbocycles. The first-order valence-corrected chi connectivity index (χ1v) is 6.33. The van der Waals surface area contributed by atoms with Gasteiger partial charge in [-0.1, -0.05) is 41.4 Å². The van der Waals surface area contributed by atoms with E-state index < -0.39 is 0 Å². The summed E-state index contributed by atoms with van der Waals surface area (Å²) in [5, 5.41) is 8.51. The molecule has 0 saturated heterocycles. The Balaban J connectivity index is 2.15. The highest BCUT2D eigenvalue weighted by Crippen LogP contribution is 2.26. The number of nitrogens with one attached hydrogen (secondary N) is 1. The van der Waals surface area contributed by atoms with Crippen LogP contribution in [-0.2, 0) is 6.61 Å². The van der Waals surface area contributed by atoms with Crippen molar-refractivity contribution in [2.45, 2.75) is 6.61 Å². The maximum Gasteiger partial charge on any atom is 0.122 e. The standard InChI is InChI=1S/C14H12Cl2N2O/c15-12-5-2-6-13(16)11(12)8-19-10-4-1-3-9(7-10)14(17)18/h1-7H,8H2,(H3,17,18). The van der Waals surface area contributed by atoms with E-state index in [1.54, 1.807) is 42.5 Å². The van der Waals surface area contributed by atoms with Crippen molar-refractivity contribution in [1.29, 1.82) is 5.41 Å². The molecule has 0 spiro atoms. The third kappa shape index (κ3) is 3.40. The Morgan fingerprint density at radius 3 is 2.37 bits per heavy atom. The zero-order valence-electron chi connectivity index (χ0n) is 9.99. The smallest absolute Gasteiger partial charge is 0.122 e.